The van der Waals surface area contributed by atoms with Crippen LogP contribution in [-0.4, -0.2) is 36.6 Å². The summed E-state index contributed by atoms with van der Waals surface area (Å²) >= 11 is 0. The van der Waals surface area contributed by atoms with Crippen LogP contribution in [0.15, 0.2) is 30.3 Å². The van der Waals surface area contributed by atoms with Gasteiger partial charge in [0, 0.05) is 24.2 Å². The van der Waals surface area contributed by atoms with Crippen LogP contribution < -0.4 is 5.32 Å². The molecule has 0 bridgehead atoms. The summed E-state index contributed by atoms with van der Waals surface area (Å²) in [6, 6.07) is 11.9. The van der Waals surface area contributed by atoms with E-state index in [1.165, 1.54) is 12.8 Å². The Bertz CT molecular complexity index is 630. The quantitative estimate of drug-likeness (QED) is 0.847. The van der Waals surface area contributed by atoms with E-state index in [1.807, 2.05) is 30.3 Å². The summed E-state index contributed by atoms with van der Waals surface area (Å²) in [5.41, 5.74) is 2.30. The van der Waals surface area contributed by atoms with Gasteiger partial charge in [0.15, 0.2) is 0 Å². The van der Waals surface area contributed by atoms with Crippen molar-refractivity contribution in [3.8, 4) is 6.07 Å². The van der Waals surface area contributed by atoms with Gasteiger partial charge in [0.25, 0.3) is 0 Å². The summed E-state index contributed by atoms with van der Waals surface area (Å²) in [6.07, 6.45) is 2.45. The van der Waals surface area contributed by atoms with Gasteiger partial charge in [0.1, 0.15) is 11.8 Å². The molecule has 0 radical (unpaired) electrons. The Balaban J connectivity index is 2.06. The van der Waals surface area contributed by atoms with E-state index in [2.05, 4.69) is 35.2 Å². The molecular weight excluding hydrogens is 260 g/mol. The van der Waals surface area contributed by atoms with Crippen LogP contribution >= 0.6 is 0 Å². The topological polar surface area (TPSA) is 52.0 Å². The number of hydrogen-bond acceptors (Lipinski definition) is 4. The number of anilines is 1. The minimum Gasteiger partial charge on any atom is -0.383 e. The maximum absolute atomic E-state index is 9.08. The molecule has 0 fully saturated rings. The van der Waals surface area contributed by atoms with Crippen molar-refractivity contribution in [1.29, 1.82) is 5.26 Å². The maximum Gasteiger partial charge on any atom is 0.143 e. The Kier molecular flexibility index (Phi) is 5.53. The molecule has 1 aromatic heterocycles. The predicted molar refractivity (Wildman–Crippen MR) is 87.4 cm³/mol. The average Bonchev–Trinajstić information content (AvgIpc) is 2.52. The number of unbranched alkanes of at least 4 members (excludes halogenated alkanes) is 1. The van der Waals surface area contributed by atoms with Crippen molar-refractivity contribution in [3.05, 3.63) is 36.0 Å². The molecule has 0 saturated heterocycles. The van der Waals surface area contributed by atoms with Gasteiger partial charge < -0.3 is 10.2 Å². The first kappa shape index (κ1) is 15.3. The molecule has 4 nitrogen and oxygen atoms in total. The lowest BCUT2D eigenvalue weighted by molar-refractivity contribution is 0.340. The number of pyridine rings is 1. The number of likely N-dealkylation sites (N-methyl/N-ethyl adjacent to an activating group) is 1. The van der Waals surface area contributed by atoms with Crippen LogP contribution in [0.4, 0.5) is 5.69 Å². The number of aromatic nitrogens is 1. The fourth-order valence-corrected chi connectivity index (χ4v) is 2.30. The molecule has 110 valence electrons. The molecule has 0 spiro atoms. The van der Waals surface area contributed by atoms with E-state index in [1.54, 1.807) is 0 Å². The molecule has 1 N–H and O–H groups in total. The molecule has 0 atom stereocenters. The van der Waals surface area contributed by atoms with Gasteiger partial charge in [-0.3, -0.25) is 0 Å². The van der Waals surface area contributed by atoms with Crippen molar-refractivity contribution in [2.75, 3.05) is 32.0 Å². The van der Waals surface area contributed by atoms with Crippen LogP contribution in [0.2, 0.25) is 0 Å². The molecule has 1 heterocycles. The van der Waals surface area contributed by atoms with Crippen LogP contribution in [0.1, 0.15) is 25.5 Å². The molecule has 0 unspecified atom stereocenters. The highest BCUT2D eigenvalue weighted by molar-refractivity contribution is 5.91. The molecule has 0 aliphatic heterocycles. The second kappa shape index (κ2) is 7.61. The van der Waals surface area contributed by atoms with E-state index < -0.39 is 0 Å². The van der Waals surface area contributed by atoms with Crippen LogP contribution in [0, 0.1) is 11.3 Å². The molecule has 1 aromatic carbocycles. The smallest absolute Gasteiger partial charge is 0.143 e. The molecule has 0 amide bonds. The lowest BCUT2D eigenvalue weighted by Gasteiger charge is -2.17. The molecule has 0 aliphatic rings. The Labute approximate surface area is 126 Å². The van der Waals surface area contributed by atoms with Crippen molar-refractivity contribution >= 4 is 16.6 Å². The standard InChI is InChI=1S/C17H22N4/c1-3-4-10-21(2)11-9-19-17-12-14(13-18)20-16-8-6-5-7-15(16)17/h5-8,12H,3-4,9-11H2,1-2H3,(H,19,20). The number of nitrogens with zero attached hydrogens (tertiary/aromatic N) is 3. The average molecular weight is 282 g/mol. The Morgan fingerprint density at radius 1 is 1.29 bits per heavy atom. The van der Waals surface area contributed by atoms with Gasteiger partial charge in [0.05, 0.1) is 5.52 Å². The van der Waals surface area contributed by atoms with Gasteiger partial charge in [-0.2, -0.15) is 5.26 Å². The van der Waals surface area contributed by atoms with E-state index in [4.69, 9.17) is 5.26 Å². The summed E-state index contributed by atoms with van der Waals surface area (Å²) in [5, 5.41) is 13.6. The Morgan fingerprint density at radius 3 is 2.86 bits per heavy atom. The second-order valence-electron chi connectivity index (χ2n) is 5.27. The van der Waals surface area contributed by atoms with E-state index in [-0.39, 0.29) is 0 Å². The molecular formula is C17H22N4. The normalized spacial score (nSPS) is 10.8. The zero-order valence-corrected chi connectivity index (χ0v) is 12.8. The highest BCUT2D eigenvalue weighted by Crippen LogP contribution is 2.22. The third-order valence-electron chi connectivity index (χ3n) is 3.53. The summed E-state index contributed by atoms with van der Waals surface area (Å²) in [5.74, 6) is 0. The number of hydrogen-bond donors (Lipinski definition) is 1. The molecule has 2 aromatic rings. The van der Waals surface area contributed by atoms with Crippen LogP contribution in [0.3, 0.4) is 0 Å². The van der Waals surface area contributed by atoms with Gasteiger partial charge in [-0.15, -0.1) is 0 Å². The lowest BCUT2D eigenvalue weighted by atomic mass is 10.1. The van der Waals surface area contributed by atoms with Crippen molar-refractivity contribution < 1.29 is 0 Å². The SMILES string of the molecule is CCCCN(C)CCNc1cc(C#N)nc2ccccc12. The van der Waals surface area contributed by atoms with Gasteiger partial charge in [-0.1, -0.05) is 31.5 Å². The molecule has 0 aliphatic carbocycles. The van der Waals surface area contributed by atoms with Crippen LogP contribution in [0.25, 0.3) is 10.9 Å². The molecule has 21 heavy (non-hydrogen) atoms. The van der Waals surface area contributed by atoms with Gasteiger partial charge in [0.2, 0.25) is 0 Å². The molecule has 4 heteroatoms. The first-order valence-corrected chi connectivity index (χ1v) is 7.47. The highest BCUT2D eigenvalue weighted by atomic mass is 15.1. The molecule has 2 rings (SSSR count). The first-order valence-electron chi connectivity index (χ1n) is 7.47. The number of nitrogens with one attached hydrogen (secondary N) is 1. The third-order valence-corrected chi connectivity index (χ3v) is 3.53. The van der Waals surface area contributed by atoms with E-state index >= 15 is 0 Å². The molecule has 0 saturated carbocycles. The minimum absolute atomic E-state index is 0.454. The number of para-hydroxylation sites is 1. The first-order chi connectivity index (χ1) is 10.2. The fraction of sp³-hybridized carbons (Fsp3) is 0.412. The van der Waals surface area contributed by atoms with E-state index in [0.717, 1.165) is 36.2 Å². The monoisotopic (exact) mass is 282 g/mol. The summed E-state index contributed by atoms with van der Waals surface area (Å²) in [7, 11) is 2.14. The lowest BCUT2D eigenvalue weighted by Crippen LogP contribution is -2.26. The summed E-state index contributed by atoms with van der Waals surface area (Å²) < 4.78 is 0. The zero-order chi connectivity index (χ0) is 15.1. The number of nitriles is 1. The minimum atomic E-state index is 0.454. The maximum atomic E-state index is 9.08. The zero-order valence-electron chi connectivity index (χ0n) is 12.8. The number of fused-ring (bicyclic) bond motifs is 1. The highest BCUT2D eigenvalue weighted by Gasteiger charge is 2.05. The number of rotatable bonds is 7. The number of benzene rings is 1. The van der Waals surface area contributed by atoms with E-state index in [9.17, 15) is 0 Å². The predicted octanol–water partition coefficient (Wildman–Crippen LogP) is 3.25. The fourth-order valence-electron chi connectivity index (χ4n) is 2.30. The third kappa shape index (κ3) is 4.17. The second-order valence-corrected chi connectivity index (χ2v) is 5.27. The summed E-state index contributed by atoms with van der Waals surface area (Å²) in [4.78, 5) is 6.65. The summed E-state index contributed by atoms with van der Waals surface area (Å²) in [6.45, 7) is 5.18. The van der Waals surface area contributed by atoms with Crippen molar-refractivity contribution in [3.63, 3.8) is 0 Å². The Hall–Kier alpha value is -2.12. The van der Waals surface area contributed by atoms with Crippen molar-refractivity contribution in [1.82, 2.24) is 9.88 Å². The van der Waals surface area contributed by atoms with Crippen LogP contribution in [-0.2, 0) is 0 Å². The van der Waals surface area contributed by atoms with Crippen LogP contribution in [0.5, 0.6) is 0 Å². The van der Waals surface area contributed by atoms with Gasteiger partial charge in [-0.25, -0.2) is 4.98 Å². The van der Waals surface area contributed by atoms with Crippen molar-refractivity contribution in [2.45, 2.75) is 19.8 Å². The van der Waals surface area contributed by atoms with E-state index in [0.29, 0.717) is 5.69 Å². The largest absolute Gasteiger partial charge is 0.383 e. The van der Waals surface area contributed by atoms with Gasteiger partial charge >= 0.3 is 0 Å². The Morgan fingerprint density at radius 2 is 2.10 bits per heavy atom. The van der Waals surface area contributed by atoms with Crippen molar-refractivity contribution in [2.24, 2.45) is 0 Å². The van der Waals surface area contributed by atoms with Gasteiger partial charge in [-0.05, 0) is 32.1 Å².